The number of para-hydroxylation sites is 1. The summed E-state index contributed by atoms with van der Waals surface area (Å²) in [5.41, 5.74) is 3.37. The van der Waals surface area contributed by atoms with Gasteiger partial charge in [-0.25, -0.2) is 0 Å². The van der Waals surface area contributed by atoms with Gasteiger partial charge in [0.2, 0.25) is 11.8 Å². The molecule has 1 aromatic carbocycles. The second kappa shape index (κ2) is 8.00. The third-order valence-electron chi connectivity index (χ3n) is 5.26. The second-order valence-corrected chi connectivity index (χ2v) is 6.92. The van der Waals surface area contributed by atoms with E-state index in [0.29, 0.717) is 19.5 Å². The largest absolute Gasteiger partial charge is 0.376 e. The summed E-state index contributed by atoms with van der Waals surface area (Å²) in [5.74, 6) is -0.255. The molecule has 0 unspecified atom stereocenters. The number of amides is 2. The van der Waals surface area contributed by atoms with Crippen LogP contribution in [0.3, 0.4) is 0 Å². The molecule has 0 radical (unpaired) electrons. The Kier molecular flexibility index (Phi) is 5.74. The predicted molar refractivity (Wildman–Crippen MR) is 97.6 cm³/mol. The van der Waals surface area contributed by atoms with Crippen LogP contribution in [-0.2, 0) is 27.2 Å². The molecule has 1 N–H and O–H groups in total. The molecule has 5 nitrogen and oxygen atoms in total. The summed E-state index contributed by atoms with van der Waals surface area (Å²) >= 11 is 0. The molecule has 2 aliphatic heterocycles. The molecule has 136 valence electrons. The van der Waals surface area contributed by atoms with Gasteiger partial charge >= 0.3 is 0 Å². The van der Waals surface area contributed by atoms with E-state index in [2.05, 4.69) is 31.3 Å². The van der Waals surface area contributed by atoms with Gasteiger partial charge in [-0.3, -0.25) is 9.59 Å². The zero-order chi connectivity index (χ0) is 17.8. The molecule has 2 heterocycles. The Morgan fingerprint density at radius 1 is 1.28 bits per heavy atom. The quantitative estimate of drug-likeness (QED) is 0.862. The van der Waals surface area contributed by atoms with Crippen molar-refractivity contribution in [1.29, 1.82) is 0 Å². The topological polar surface area (TPSA) is 58.6 Å². The molecule has 1 aromatic rings. The maximum absolute atomic E-state index is 12.6. The average molecular weight is 344 g/mol. The van der Waals surface area contributed by atoms with Gasteiger partial charge in [0, 0.05) is 31.8 Å². The van der Waals surface area contributed by atoms with Crippen LogP contribution in [0, 0.1) is 5.92 Å². The van der Waals surface area contributed by atoms with E-state index in [1.165, 1.54) is 11.1 Å². The number of anilines is 1. The highest BCUT2D eigenvalue weighted by Gasteiger charge is 2.36. The molecule has 0 spiro atoms. The molecule has 5 heteroatoms. The van der Waals surface area contributed by atoms with Crippen molar-refractivity contribution in [1.82, 2.24) is 5.32 Å². The molecule has 0 saturated carbocycles. The van der Waals surface area contributed by atoms with Crippen LogP contribution >= 0.6 is 0 Å². The molecular weight excluding hydrogens is 316 g/mol. The first-order chi connectivity index (χ1) is 12.1. The highest BCUT2D eigenvalue weighted by atomic mass is 16.5. The van der Waals surface area contributed by atoms with Crippen LogP contribution in [0.4, 0.5) is 5.69 Å². The number of rotatable bonds is 6. The lowest BCUT2D eigenvalue weighted by Crippen LogP contribution is -2.37. The third kappa shape index (κ3) is 3.87. The normalized spacial score (nSPS) is 23.3. The molecule has 0 aromatic heterocycles. The summed E-state index contributed by atoms with van der Waals surface area (Å²) in [6.07, 6.45) is 4.23. The lowest BCUT2D eigenvalue weighted by atomic mass is 10.0. The van der Waals surface area contributed by atoms with Crippen LogP contribution in [-0.4, -0.2) is 37.6 Å². The van der Waals surface area contributed by atoms with E-state index in [1.54, 1.807) is 0 Å². The molecule has 25 heavy (non-hydrogen) atoms. The Morgan fingerprint density at radius 3 is 2.60 bits per heavy atom. The summed E-state index contributed by atoms with van der Waals surface area (Å²) in [6.45, 7) is 6.01. The highest BCUT2D eigenvalue weighted by Crippen LogP contribution is 2.32. The van der Waals surface area contributed by atoms with Gasteiger partial charge in [0.05, 0.1) is 12.0 Å². The van der Waals surface area contributed by atoms with Gasteiger partial charge in [0.1, 0.15) is 0 Å². The number of nitrogens with one attached hydrogen (secondary N) is 1. The summed E-state index contributed by atoms with van der Waals surface area (Å²) in [6, 6.07) is 6.20. The minimum absolute atomic E-state index is 0.0293. The molecule has 2 amide bonds. The Balaban J connectivity index is 1.69. The fourth-order valence-corrected chi connectivity index (χ4v) is 3.83. The van der Waals surface area contributed by atoms with Crippen molar-refractivity contribution in [3.63, 3.8) is 0 Å². The number of nitrogens with zero attached hydrogens (tertiary/aromatic N) is 1. The van der Waals surface area contributed by atoms with Gasteiger partial charge < -0.3 is 15.0 Å². The van der Waals surface area contributed by atoms with Crippen LogP contribution in [0.2, 0.25) is 0 Å². The third-order valence-corrected chi connectivity index (χ3v) is 5.26. The van der Waals surface area contributed by atoms with Gasteiger partial charge in [-0.05, 0) is 36.8 Å². The first kappa shape index (κ1) is 17.9. The maximum Gasteiger partial charge on any atom is 0.227 e. The zero-order valence-electron chi connectivity index (χ0n) is 15.2. The smallest absolute Gasteiger partial charge is 0.227 e. The first-order valence-electron chi connectivity index (χ1n) is 9.44. The first-order valence-corrected chi connectivity index (χ1v) is 9.44. The van der Waals surface area contributed by atoms with Crippen molar-refractivity contribution in [3.8, 4) is 0 Å². The molecule has 3 rings (SSSR count). The fraction of sp³-hybridized carbons (Fsp3) is 0.600. The summed E-state index contributed by atoms with van der Waals surface area (Å²) in [4.78, 5) is 26.9. The number of aryl methyl sites for hydroxylation is 2. The van der Waals surface area contributed by atoms with Crippen molar-refractivity contribution in [2.24, 2.45) is 5.92 Å². The maximum atomic E-state index is 12.6. The summed E-state index contributed by atoms with van der Waals surface area (Å²) in [5, 5.41) is 2.97. The van der Waals surface area contributed by atoms with Crippen molar-refractivity contribution >= 4 is 17.5 Å². The highest BCUT2D eigenvalue weighted by molar-refractivity contribution is 6.01. The Bertz CT molecular complexity index is 616. The summed E-state index contributed by atoms with van der Waals surface area (Å²) < 4.78 is 5.55. The van der Waals surface area contributed by atoms with Gasteiger partial charge in [-0.1, -0.05) is 32.0 Å². The lowest BCUT2D eigenvalue weighted by molar-refractivity contribution is -0.126. The number of carbonyl (C=O) groups excluding carboxylic acids is 2. The van der Waals surface area contributed by atoms with Gasteiger partial charge in [0.25, 0.3) is 0 Å². The molecule has 0 bridgehead atoms. The molecular formula is C20H28N2O3. The van der Waals surface area contributed by atoms with Crippen molar-refractivity contribution in [2.45, 2.75) is 52.1 Å². The van der Waals surface area contributed by atoms with E-state index >= 15 is 0 Å². The minimum Gasteiger partial charge on any atom is -0.376 e. The molecule has 2 fully saturated rings. The van der Waals surface area contributed by atoms with Gasteiger partial charge in [0.15, 0.2) is 0 Å². The average Bonchev–Trinajstić information content (AvgIpc) is 3.28. The summed E-state index contributed by atoms with van der Waals surface area (Å²) in [7, 11) is 0. The number of benzene rings is 1. The fourth-order valence-electron chi connectivity index (χ4n) is 3.83. The van der Waals surface area contributed by atoms with Crippen molar-refractivity contribution < 1.29 is 14.3 Å². The van der Waals surface area contributed by atoms with Crippen LogP contribution in [0.15, 0.2) is 18.2 Å². The van der Waals surface area contributed by atoms with Crippen LogP contribution in [0.5, 0.6) is 0 Å². The number of hydrogen-bond donors (Lipinski definition) is 1. The van der Waals surface area contributed by atoms with E-state index in [0.717, 1.165) is 38.0 Å². The van der Waals surface area contributed by atoms with E-state index in [-0.39, 0.29) is 23.8 Å². The van der Waals surface area contributed by atoms with E-state index in [4.69, 9.17) is 4.74 Å². The molecule has 0 aliphatic carbocycles. The van der Waals surface area contributed by atoms with E-state index < -0.39 is 0 Å². The molecule has 2 atom stereocenters. The Morgan fingerprint density at radius 2 is 2.00 bits per heavy atom. The van der Waals surface area contributed by atoms with Crippen molar-refractivity contribution in [2.75, 3.05) is 24.6 Å². The standard InChI is InChI=1S/C20H28N2O3/c1-3-14-7-5-8-15(4-2)19(14)22-13-16(11-18(22)23)20(24)21-12-17-9-6-10-25-17/h5,7-8,16-17H,3-4,6,9-13H2,1-2H3,(H,21,24)/t16-,17-/m1/s1. The predicted octanol–water partition coefficient (Wildman–Crippen LogP) is 2.46. The van der Waals surface area contributed by atoms with Crippen LogP contribution in [0.1, 0.15) is 44.2 Å². The van der Waals surface area contributed by atoms with Gasteiger partial charge in [-0.15, -0.1) is 0 Å². The Labute approximate surface area is 149 Å². The van der Waals surface area contributed by atoms with E-state index in [1.807, 2.05) is 11.0 Å². The number of ether oxygens (including phenoxy) is 1. The minimum atomic E-state index is -0.275. The van der Waals surface area contributed by atoms with E-state index in [9.17, 15) is 9.59 Å². The van der Waals surface area contributed by atoms with Gasteiger partial charge in [-0.2, -0.15) is 0 Å². The van der Waals surface area contributed by atoms with Crippen molar-refractivity contribution in [3.05, 3.63) is 29.3 Å². The number of hydrogen-bond acceptors (Lipinski definition) is 3. The monoisotopic (exact) mass is 344 g/mol. The number of carbonyl (C=O) groups is 2. The lowest BCUT2D eigenvalue weighted by Gasteiger charge is -2.23. The zero-order valence-corrected chi connectivity index (χ0v) is 15.2. The Hall–Kier alpha value is -1.88. The molecule has 2 aliphatic rings. The second-order valence-electron chi connectivity index (χ2n) is 6.92. The SMILES string of the molecule is CCc1cccc(CC)c1N1C[C@H](C(=O)NC[C@H]2CCCO2)CC1=O. The van der Waals surface area contributed by atoms with Crippen LogP contribution < -0.4 is 10.2 Å². The van der Waals surface area contributed by atoms with Crippen LogP contribution in [0.25, 0.3) is 0 Å². The molecule has 2 saturated heterocycles.